The van der Waals surface area contributed by atoms with Crippen LogP contribution >= 0.6 is 0 Å². The maximum Gasteiger partial charge on any atom is 0.164 e. The number of piperidine rings is 2. The van der Waals surface area contributed by atoms with Crippen molar-refractivity contribution in [3.63, 3.8) is 0 Å². The molecule has 4 aromatic rings. The first kappa shape index (κ1) is 26.4. The molecular weight excluding hydrogens is 512 g/mol. The molecule has 7 rings (SSSR count). The molecule has 0 bridgehead atoms. The molecule has 41 heavy (non-hydrogen) atoms. The highest BCUT2D eigenvalue weighted by atomic mass is 16.5. The summed E-state index contributed by atoms with van der Waals surface area (Å²) in [7, 11) is 0. The summed E-state index contributed by atoms with van der Waals surface area (Å²) < 4.78 is 8.10. The predicted octanol–water partition coefficient (Wildman–Crippen LogP) is 4.44. The van der Waals surface area contributed by atoms with Crippen LogP contribution in [-0.4, -0.2) is 81.9 Å². The molecule has 0 unspecified atom stereocenters. The summed E-state index contributed by atoms with van der Waals surface area (Å²) in [6.45, 7) is 9.64. The lowest BCUT2D eigenvalue weighted by atomic mass is 9.93. The van der Waals surface area contributed by atoms with E-state index in [9.17, 15) is 0 Å². The van der Waals surface area contributed by atoms with Crippen LogP contribution in [-0.2, 0) is 0 Å². The lowest BCUT2D eigenvalue weighted by Gasteiger charge is -2.39. The number of anilines is 1. The van der Waals surface area contributed by atoms with Crippen LogP contribution in [0.15, 0.2) is 60.9 Å². The highest BCUT2D eigenvalue weighted by molar-refractivity contribution is 5.98. The van der Waals surface area contributed by atoms with Gasteiger partial charge in [0.1, 0.15) is 29.3 Å². The van der Waals surface area contributed by atoms with Crippen molar-refractivity contribution in [1.82, 2.24) is 34.9 Å². The van der Waals surface area contributed by atoms with Gasteiger partial charge in [0.15, 0.2) is 5.65 Å². The Balaban J connectivity index is 1.01. The van der Waals surface area contributed by atoms with E-state index in [4.69, 9.17) is 15.6 Å². The first-order chi connectivity index (χ1) is 20.2. The number of fused-ring (bicyclic) bond motifs is 1. The van der Waals surface area contributed by atoms with Crippen LogP contribution < -0.4 is 15.8 Å². The molecular formula is C32H40N8O. The third-order valence-corrected chi connectivity index (χ3v) is 9.13. The number of rotatable bonds is 8. The summed E-state index contributed by atoms with van der Waals surface area (Å²) in [5.41, 5.74) is 9.03. The van der Waals surface area contributed by atoms with Crippen LogP contribution in [0, 0.1) is 11.8 Å². The van der Waals surface area contributed by atoms with Gasteiger partial charge in [-0.3, -0.25) is 0 Å². The second-order valence-corrected chi connectivity index (χ2v) is 12.0. The minimum Gasteiger partial charge on any atom is -0.457 e. The predicted molar refractivity (Wildman–Crippen MR) is 162 cm³/mol. The topological polar surface area (TPSA) is 97.4 Å². The summed E-state index contributed by atoms with van der Waals surface area (Å²) in [5, 5.41) is 9.34. The molecule has 0 atom stereocenters. The summed E-state index contributed by atoms with van der Waals surface area (Å²) in [5.74, 6) is 3.75. The molecule has 2 aromatic carbocycles. The maximum absolute atomic E-state index is 6.40. The number of para-hydroxylation sites is 1. The van der Waals surface area contributed by atoms with E-state index in [1.807, 2.05) is 54.6 Å². The molecule has 3 fully saturated rings. The first-order valence-corrected chi connectivity index (χ1v) is 15.2. The van der Waals surface area contributed by atoms with Gasteiger partial charge in [-0.2, -0.15) is 5.10 Å². The molecule has 0 saturated carbocycles. The Morgan fingerprint density at radius 3 is 2.12 bits per heavy atom. The van der Waals surface area contributed by atoms with E-state index < -0.39 is 0 Å². The van der Waals surface area contributed by atoms with E-state index >= 15 is 0 Å². The standard InChI is InChI=1S/C32H40N8O/c33-31-29-30(25-6-8-28(9-7-25)41-27-4-2-1-3-5-27)37-40(32(29)36-22-35-31)26-12-16-39(17-13-26)20-23-10-14-38(15-11-23)21-24-18-34-19-24/h1-9,22-24,26,34H,10-21H2,(H2,33,35,36). The van der Waals surface area contributed by atoms with Crippen molar-refractivity contribution in [3.8, 4) is 22.8 Å². The quantitative estimate of drug-likeness (QED) is 0.331. The van der Waals surface area contributed by atoms with E-state index in [2.05, 4.69) is 29.8 Å². The van der Waals surface area contributed by atoms with Gasteiger partial charge in [-0.25, -0.2) is 14.6 Å². The van der Waals surface area contributed by atoms with Gasteiger partial charge in [-0.05, 0) is 87.0 Å². The number of nitrogens with zero attached hydrogens (tertiary/aromatic N) is 6. The maximum atomic E-state index is 6.40. The lowest BCUT2D eigenvalue weighted by molar-refractivity contribution is 0.103. The van der Waals surface area contributed by atoms with Gasteiger partial charge < -0.3 is 25.6 Å². The fourth-order valence-corrected chi connectivity index (χ4v) is 6.66. The van der Waals surface area contributed by atoms with Crippen molar-refractivity contribution in [2.24, 2.45) is 11.8 Å². The zero-order valence-electron chi connectivity index (χ0n) is 23.7. The molecule has 2 aromatic heterocycles. The Labute approximate surface area is 241 Å². The van der Waals surface area contributed by atoms with Gasteiger partial charge >= 0.3 is 0 Å². The molecule has 3 aliphatic rings. The van der Waals surface area contributed by atoms with Gasteiger partial charge in [0, 0.05) is 44.8 Å². The van der Waals surface area contributed by atoms with E-state index in [1.54, 1.807) is 6.33 Å². The Morgan fingerprint density at radius 1 is 0.780 bits per heavy atom. The molecule has 5 heterocycles. The number of nitrogen functional groups attached to an aromatic ring is 1. The molecule has 3 saturated heterocycles. The third kappa shape index (κ3) is 5.80. The normalized spacial score (nSPS) is 19.9. The lowest BCUT2D eigenvalue weighted by Crippen LogP contribution is -2.50. The third-order valence-electron chi connectivity index (χ3n) is 9.13. The van der Waals surface area contributed by atoms with E-state index in [1.165, 1.54) is 52.1 Å². The van der Waals surface area contributed by atoms with E-state index in [-0.39, 0.29) is 0 Å². The van der Waals surface area contributed by atoms with Gasteiger partial charge in [-0.15, -0.1) is 0 Å². The highest BCUT2D eigenvalue weighted by Gasteiger charge is 2.29. The van der Waals surface area contributed by atoms with Gasteiger partial charge in [0.25, 0.3) is 0 Å². The SMILES string of the molecule is Nc1ncnc2c1c(-c1ccc(Oc3ccccc3)cc1)nn2C1CCN(CC2CCN(CC3CNC3)CC2)CC1. The molecule has 0 radical (unpaired) electrons. The molecule has 9 heteroatoms. The highest BCUT2D eigenvalue weighted by Crippen LogP contribution is 2.35. The molecule has 9 nitrogen and oxygen atoms in total. The monoisotopic (exact) mass is 552 g/mol. The van der Waals surface area contributed by atoms with Gasteiger partial charge in [0.2, 0.25) is 0 Å². The number of nitrogens with one attached hydrogen (secondary N) is 1. The van der Waals surface area contributed by atoms with Crippen LogP contribution in [0.4, 0.5) is 5.82 Å². The average molecular weight is 553 g/mol. The number of hydrogen-bond donors (Lipinski definition) is 2. The van der Waals surface area contributed by atoms with Crippen molar-refractivity contribution in [1.29, 1.82) is 0 Å². The smallest absolute Gasteiger partial charge is 0.164 e. The number of likely N-dealkylation sites (tertiary alicyclic amines) is 2. The number of benzene rings is 2. The molecule has 0 spiro atoms. The van der Waals surface area contributed by atoms with Crippen LogP contribution in [0.5, 0.6) is 11.5 Å². The number of nitrogens with two attached hydrogens (primary N) is 1. The second kappa shape index (κ2) is 11.8. The molecule has 3 N–H and O–H groups in total. The number of aromatic nitrogens is 4. The Bertz CT molecular complexity index is 1440. The molecule has 0 aliphatic carbocycles. The first-order valence-electron chi connectivity index (χ1n) is 15.2. The van der Waals surface area contributed by atoms with Crippen LogP contribution in [0.25, 0.3) is 22.3 Å². The fourth-order valence-electron chi connectivity index (χ4n) is 6.66. The summed E-state index contributed by atoms with van der Waals surface area (Å²) in [4.78, 5) is 14.3. The number of hydrogen-bond acceptors (Lipinski definition) is 8. The molecule has 3 aliphatic heterocycles. The Kier molecular flexibility index (Phi) is 7.56. The van der Waals surface area contributed by atoms with E-state index in [0.29, 0.717) is 11.9 Å². The largest absolute Gasteiger partial charge is 0.457 e. The fraction of sp³-hybridized carbons (Fsp3) is 0.469. The van der Waals surface area contributed by atoms with Crippen LogP contribution in [0.3, 0.4) is 0 Å². The Morgan fingerprint density at radius 2 is 1.44 bits per heavy atom. The zero-order valence-corrected chi connectivity index (χ0v) is 23.7. The van der Waals surface area contributed by atoms with Crippen LogP contribution in [0.1, 0.15) is 31.7 Å². The molecule has 0 amide bonds. The number of ether oxygens (including phenoxy) is 1. The van der Waals surface area contributed by atoms with Crippen molar-refractivity contribution in [3.05, 3.63) is 60.9 Å². The van der Waals surface area contributed by atoms with Crippen LogP contribution in [0.2, 0.25) is 0 Å². The van der Waals surface area contributed by atoms with Crippen molar-refractivity contribution < 1.29 is 4.74 Å². The van der Waals surface area contributed by atoms with E-state index in [0.717, 1.165) is 71.6 Å². The summed E-state index contributed by atoms with van der Waals surface area (Å²) in [6.07, 6.45) is 6.35. The zero-order chi connectivity index (χ0) is 27.6. The van der Waals surface area contributed by atoms with Crippen molar-refractivity contribution in [2.45, 2.75) is 31.7 Å². The van der Waals surface area contributed by atoms with Gasteiger partial charge in [-0.1, -0.05) is 18.2 Å². The van der Waals surface area contributed by atoms with Gasteiger partial charge in [0.05, 0.1) is 11.4 Å². The molecule has 214 valence electrons. The minimum absolute atomic E-state index is 0.301. The summed E-state index contributed by atoms with van der Waals surface area (Å²) >= 11 is 0. The van der Waals surface area contributed by atoms with Crippen molar-refractivity contribution in [2.75, 3.05) is 58.1 Å². The Hall–Kier alpha value is -3.53. The summed E-state index contributed by atoms with van der Waals surface area (Å²) in [6, 6.07) is 18.1. The second-order valence-electron chi connectivity index (χ2n) is 12.0. The minimum atomic E-state index is 0.301. The van der Waals surface area contributed by atoms with Crippen molar-refractivity contribution >= 4 is 16.9 Å². The average Bonchev–Trinajstić information content (AvgIpc) is 3.38.